The van der Waals surface area contributed by atoms with Crippen LogP contribution in [0, 0.1) is 12.8 Å². The van der Waals surface area contributed by atoms with E-state index < -0.39 is 0 Å². The zero-order chi connectivity index (χ0) is 13.0. The summed E-state index contributed by atoms with van der Waals surface area (Å²) in [6, 6.07) is 7.80. The van der Waals surface area contributed by atoms with E-state index in [9.17, 15) is 5.11 Å². The fourth-order valence-corrected chi connectivity index (χ4v) is 2.91. The predicted octanol–water partition coefficient (Wildman–Crippen LogP) is 3.50. The van der Waals surface area contributed by atoms with Crippen LogP contribution in [0.3, 0.4) is 0 Å². The van der Waals surface area contributed by atoms with Crippen LogP contribution in [0.4, 0.5) is 0 Å². The minimum absolute atomic E-state index is 0.182. The molecule has 0 saturated heterocycles. The molecule has 0 aliphatic rings. The summed E-state index contributed by atoms with van der Waals surface area (Å²) in [6.07, 6.45) is 1.68. The van der Waals surface area contributed by atoms with Crippen LogP contribution in [0.15, 0.2) is 29.6 Å². The van der Waals surface area contributed by atoms with Crippen LogP contribution in [0.5, 0.6) is 0 Å². The third-order valence-corrected chi connectivity index (χ3v) is 4.07. The second-order valence-electron chi connectivity index (χ2n) is 4.47. The molecule has 1 atom stereocenters. The summed E-state index contributed by atoms with van der Waals surface area (Å²) in [5.41, 5.74) is 2.25. The van der Waals surface area contributed by atoms with Gasteiger partial charge in [0.05, 0.1) is 5.01 Å². The molecule has 2 nitrogen and oxygen atoms in total. The van der Waals surface area contributed by atoms with E-state index in [4.69, 9.17) is 11.6 Å². The van der Waals surface area contributed by atoms with E-state index in [-0.39, 0.29) is 12.5 Å². The van der Waals surface area contributed by atoms with Gasteiger partial charge in [-0.2, -0.15) is 0 Å². The van der Waals surface area contributed by atoms with Crippen molar-refractivity contribution in [2.24, 2.45) is 5.92 Å². The quantitative estimate of drug-likeness (QED) is 0.910. The van der Waals surface area contributed by atoms with Crippen molar-refractivity contribution in [3.8, 4) is 0 Å². The Balaban J connectivity index is 1.99. The summed E-state index contributed by atoms with van der Waals surface area (Å²) >= 11 is 7.52. The van der Waals surface area contributed by atoms with Gasteiger partial charge in [0.1, 0.15) is 0 Å². The lowest BCUT2D eigenvalue weighted by Crippen LogP contribution is -2.12. The first kappa shape index (κ1) is 13.5. The molecule has 0 aliphatic heterocycles. The lowest BCUT2D eigenvalue weighted by molar-refractivity contribution is 0.225. The number of halogens is 1. The first-order valence-corrected chi connectivity index (χ1v) is 7.19. The Labute approximate surface area is 116 Å². The van der Waals surface area contributed by atoms with Gasteiger partial charge in [-0.25, -0.2) is 4.98 Å². The molecule has 2 rings (SSSR count). The maximum Gasteiger partial charge on any atom is 0.0931 e. The molecular formula is C14H16ClNOS. The first-order valence-electron chi connectivity index (χ1n) is 5.93. The number of aliphatic hydroxyl groups is 1. The van der Waals surface area contributed by atoms with Crippen molar-refractivity contribution in [1.29, 1.82) is 0 Å². The van der Waals surface area contributed by atoms with Gasteiger partial charge in [-0.15, -0.1) is 11.3 Å². The van der Waals surface area contributed by atoms with Crippen LogP contribution in [-0.4, -0.2) is 16.7 Å². The maximum atomic E-state index is 9.46. The van der Waals surface area contributed by atoms with Crippen LogP contribution in [0.25, 0.3) is 0 Å². The minimum atomic E-state index is 0.182. The fraction of sp³-hybridized carbons (Fsp3) is 0.357. The molecule has 0 bridgehead atoms. The van der Waals surface area contributed by atoms with E-state index in [0.29, 0.717) is 0 Å². The number of rotatable bonds is 5. The number of benzene rings is 1. The van der Waals surface area contributed by atoms with E-state index in [2.05, 4.69) is 4.98 Å². The Hall–Kier alpha value is -0.900. The van der Waals surface area contributed by atoms with Crippen LogP contribution in [0.2, 0.25) is 5.02 Å². The van der Waals surface area contributed by atoms with E-state index in [1.807, 2.05) is 36.6 Å². The van der Waals surface area contributed by atoms with E-state index in [0.717, 1.165) is 28.6 Å². The molecule has 0 saturated carbocycles. The van der Waals surface area contributed by atoms with Crippen molar-refractivity contribution >= 4 is 22.9 Å². The number of hydrogen-bond donors (Lipinski definition) is 1. The summed E-state index contributed by atoms with van der Waals surface area (Å²) in [6.45, 7) is 2.18. The van der Waals surface area contributed by atoms with Crippen LogP contribution < -0.4 is 0 Å². The van der Waals surface area contributed by atoms with Crippen molar-refractivity contribution in [3.05, 3.63) is 50.9 Å². The highest BCUT2D eigenvalue weighted by Crippen LogP contribution is 2.18. The molecule has 96 valence electrons. The largest absolute Gasteiger partial charge is 0.396 e. The lowest BCUT2D eigenvalue weighted by Gasteiger charge is -2.12. The lowest BCUT2D eigenvalue weighted by atomic mass is 9.97. The van der Waals surface area contributed by atoms with Crippen LogP contribution in [0.1, 0.15) is 16.3 Å². The molecule has 2 aromatic rings. The van der Waals surface area contributed by atoms with E-state index in [1.54, 1.807) is 11.3 Å². The monoisotopic (exact) mass is 281 g/mol. The third kappa shape index (κ3) is 3.80. The van der Waals surface area contributed by atoms with Crippen molar-refractivity contribution in [3.63, 3.8) is 0 Å². The van der Waals surface area contributed by atoms with Crippen LogP contribution in [-0.2, 0) is 12.8 Å². The highest BCUT2D eigenvalue weighted by atomic mass is 35.5. The Morgan fingerprint density at radius 2 is 2.00 bits per heavy atom. The Morgan fingerprint density at radius 3 is 2.56 bits per heavy atom. The molecule has 0 radical (unpaired) electrons. The summed E-state index contributed by atoms with van der Waals surface area (Å²) in [5, 5.41) is 13.4. The average Bonchev–Trinajstić information content (AvgIpc) is 2.77. The van der Waals surface area contributed by atoms with Gasteiger partial charge in [-0.3, -0.25) is 0 Å². The fourth-order valence-electron chi connectivity index (χ4n) is 1.90. The Kier molecular flexibility index (Phi) is 4.75. The summed E-state index contributed by atoms with van der Waals surface area (Å²) in [5.74, 6) is 0.219. The summed E-state index contributed by atoms with van der Waals surface area (Å²) in [7, 11) is 0. The Bertz CT molecular complexity index is 495. The van der Waals surface area contributed by atoms with Gasteiger partial charge < -0.3 is 5.11 Å². The van der Waals surface area contributed by atoms with Gasteiger partial charge in [-0.05, 0) is 37.0 Å². The molecule has 1 N–H and O–H groups in total. The number of aliphatic hydroxyl groups excluding tert-OH is 1. The average molecular weight is 282 g/mol. The van der Waals surface area contributed by atoms with Crippen molar-refractivity contribution in [2.75, 3.05) is 6.61 Å². The van der Waals surface area contributed by atoms with E-state index >= 15 is 0 Å². The van der Waals surface area contributed by atoms with Crippen molar-refractivity contribution in [1.82, 2.24) is 4.98 Å². The molecule has 4 heteroatoms. The number of aryl methyl sites for hydroxylation is 1. The zero-order valence-electron chi connectivity index (χ0n) is 10.3. The molecule has 0 fully saturated rings. The molecule has 1 unspecified atom stereocenters. The van der Waals surface area contributed by atoms with Gasteiger partial charge in [0, 0.05) is 29.1 Å². The number of thiazole rings is 1. The van der Waals surface area contributed by atoms with Crippen LogP contribution >= 0.6 is 22.9 Å². The normalized spacial score (nSPS) is 12.6. The molecule has 18 heavy (non-hydrogen) atoms. The number of aromatic nitrogens is 1. The van der Waals surface area contributed by atoms with Crippen molar-refractivity contribution < 1.29 is 5.11 Å². The highest BCUT2D eigenvalue weighted by molar-refractivity contribution is 7.09. The summed E-state index contributed by atoms with van der Waals surface area (Å²) < 4.78 is 0. The molecule has 1 aromatic carbocycles. The zero-order valence-corrected chi connectivity index (χ0v) is 11.8. The first-order chi connectivity index (χ1) is 8.67. The highest BCUT2D eigenvalue weighted by Gasteiger charge is 2.12. The van der Waals surface area contributed by atoms with Crippen molar-refractivity contribution in [2.45, 2.75) is 19.8 Å². The molecule has 1 aromatic heterocycles. The third-order valence-electron chi connectivity index (χ3n) is 2.83. The second-order valence-corrected chi connectivity index (χ2v) is 5.85. The molecule has 1 heterocycles. The predicted molar refractivity (Wildman–Crippen MR) is 76.3 cm³/mol. The molecular weight excluding hydrogens is 266 g/mol. The number of hydrogen-bond acceptors (Lipinski definition) is 3. The molecule has 0 spiro atoms. The standard InChI is InChI=1S/C14H16ClNOS/c1-10-9-18-14(16-10)7-12(8-17)6-11-2-4-13(15)5-3-11/h2-5,9,12,17H,6-8H2,1H3. The van der Waals surface area contributed by atoms with Gasteiger partial charge in [0.25, 0.3) is 0 Å². The minimum Gasteiger partial charge on any atom is -0.396 e. The smallest absolute Gasteiger partial charge is 0.0931 e. The SMILES string of the molecule is Cc1csc(CC(CO)Cc2ccc(Cl)cc2)n1. The molecule has 0 amide bonds. The second kappa shape index (κ2) is 6.32. The van der Waals surface area contributed by atoms with Gasteiger partial charge in [-0.1, -0.05) is 23.7 Å². The Morgan fingerprint density at radius 1 is 1.28 bits per heavy atom. The van der Waals surface area contributed by atoms with E-state index in [1.165, 1.54) is 5.56 Å². The van der Waals surface area contributed by atoms with Gasteiger partial charge >= 0.3 is 0 Å². The van der Waals surface area contributed by atoms with Gasteiger partial charge in [0.15, 0.2) is 0 Å². The maximum absolute atomic E-state index is 9.46. The summed E-state index contributed by atoms with van der Waals surface area (Å²) in [4.78, 5) is 4.44. The molecule has 0 aliphatic carbocycles. The number of nitrogens with zero attached hydrogens (tertiary/aromatic N) is 1. The van der Waals surface area contributed by atoms with Gasteiger partial charge in [0.2, 0.25) is 0 Å². The topological polar surface area (TPSA) is 33.1 Å².